The van der Waals surface area contributed by atoms with Gasteiger partial charge in [0.1, 0.15) is 0 Å². The van der Waals surface area contributed by atoms with E-state index in [2.05, 4.69) is 20.9 Å². The molecule has 0 radical (unpaired) electrons. The molecule has 0 bridgehead atoms. The van der Waals surface area contributed by atoms with E-state index in [1.54, 1.807) is 31.3 Å². The van der Waals surface area contributed by atoms with Gasteiger partial charge in [-0.05, 0) is 32.0 Å². The van der Waals surface area contributed by atoms with Crippen molar-refractivity contribution < 1.29 is 9.59 Å². The van der Waals surface area contributed by atoms with E-state index >= 15 is 0 Å². The molecule has 0 saturated carbocycles. The van der Waals surface area contributed by atoms with E-state index in [1.807, 2.05) is 38.1 Å². The number of anilines is 2. The Labute approximate surface area is 168 Å². The quantitative estimate of drug-likeness (QED) is 0.601. The fraction of sp³-hybridized carbons (Fsp3) is 0.190. The van der Waals surface area contributed by atoms with E-state index in [-0.39, 0.29) is 18.4 Å². The number of hydrogen-bond donors (Lipinski definition) is 3. The van der Waals surface area contributed by atoms with Crippen LogP contribution in [0.1, 0.15) is 15.4 Å². The second-order valence-corrected chi connectivity index (χ2v) is 7.67. The van der Waals surface area contributed by atoms with Crippen molar-refractivity contribution in [2.75, 3.05) is 17.7 Å². The zero-order chi connectivity index (χ0) is 20.1. The number of carbonyl (C=O) groups excluding carboxylic acids is 2. The molecule has 7 heteroatoms. The van der Waals surface area contributed by atoms with Crippen LogP contribution in [0.15, 0.2) is 48.5 Å². The Balaban J connectivity index is 1.73. The molecule has 144 valence electrons. The van der Waals surface area contributed by atoms with Gasteiger partial charge in [0.05, 0.1) is 17.1 Å². The summed E-state index contributed by atoms with van der Waals surface area (Å²) < 4.78 is 0. The Kier molecular flexibility index (Phi) is 6.06. The van der Waals surface area contributed by atoms with Crippen molar-refractivity contribution in [3.63, 3.8) is 0 Å². The number of urea groups is 1. The second kappa shape index (κ2) is 8.67. The molecule has 1 heterocycles. The van der Waals surface area contributed by atoms with Gasteiger partial charge in [-0.2, -0.15) is 0 Å². The number of thiazole rings is 1. The van der Waals surface area contributed by atoms with E-state index in [9.17, 15) is 9.59 Å². The Hall–Kier alpha value is -3.19. The summed E-state index contributed by atoms with van der Waals surface area (Å²) >= 11 is 1.53. The lowest BCUT2D eigenvalue weighted by atomic mass is 10.1. The van der Waals surface area contributed by atoms with Gasteiger partial charge in [0.2, 0.25) is 5.91 Å². The van der Waals surface area contributed by atoms with Crippen molar-refractivity contribution in [1.82, 2.24) is 10.3 Å². The van der Waals surface area contributed by atoms with Crippen LogP contribution in [0.4, 0.5) is 16.2 Å². The van der Waals surface area contributed by atoms with Crippen LogP contribution in [-0.2, 0) is 11.2 Å². The molecule has 2 aromatic carbocycles. The number of nitrogens with one attached hydrogen (secondary N) is 3. The summed E-state index contributed by atoms with van der Waals surface area (Å²) in [6, 6.07) is 14.8. The number of carbonyl (C=O) groups is 2. The molecule has 0 spiro atoms. The largest absolute Gasteiger partial charge is 0.341 e. The topological polar surface area (TPSA) is 83.1 Å². The van der Waals surface area contributed by atoms with Gasteiger partial charge < -0.3 is 16.0 Å². The van der Waals surface area contributed by atoms with Gasteiger partial charge in [0.15, 0.2) is 0 Å². The third-order valence-electron chi connectivity index (χ3n) is 4.08. The normalized spacial score (nSPS) is 10.4. The highest BCUT2D eigenvalue weighted by Crippen LogP contribution is 2.29. The number of aromatic nitrogens is 1. The van der Waals surface area contributed by atoms with Gasteiger partial charge in [0, 0.05) is 28.9 Å². The average Bonchev–Trinajstić information content (AvgIpc) is 3.02. The minimum Gasteiger partial charge on any atom is -0.341 e. The molecule has 28 heavy (non-hydrogen) atoms. The molecule has 3 amide bonds. The standard InChI is InChI=1S/C21H22N4O2S/c1-13-7-9-15(10-8-13)20-18(28-14(2)23-20)12-19(26)24-16-5-4-6-17(11-16)25-21(27)22-3/h4-11H,12H2,1-3H3,(H,24,26)(H2,22,25,27). The van der Waals surface area contributed by atoms with Crippen LogP contribution in [0, 0.1) is 13.8 Å². The number of hydrogen-bond acceptors (Lipinski definition) is 4. The number of nitrogens with zero attached hydrogens (tertiary/aromatic N) is 1. The summed E-state index contributed by atoms with van der Waals surface area (Å²) in [5, 5.41) is 8.99. The van der Waals surface area contributed by atoms with Crippen LogP contribution in [0.5, 0.6) is 0 Å². The van der Waals surface area contributed by atoms with E-state index in [0.717, 1.165) is 21.1 Å². The summed E-state index contributed by atoms with van der Waals surface area (Å²) in [5.74, 6) is -0.130. The van der Waals surface area contributed by atoms with Gasteiger partial charge in [-0.1, -0.05) is 35.9 Å². The molecule has 3 aromatic rings. The summed E-state index contributed by atoms with van der Waals surface area (Å²) in [6.07, 6.45) is 0.238. The van der Waals surface area contributed by atoms with Gasteiger partial charge in [0.25, 0.3) is 0 Å². The fourth-order valence-corrected chi connectivity index (χ4v) is 3.70. The third-order valence-corrected chi connectivity index (χ3v) is 5.05. The first kappa shape index (κ1) is 19.6. The van der Waals surface area contributed by atoms with Crippen molar-refractivity contribution in [2.45, 2.75) is 20.3 Å². The fourth-order valence-electron chi connectivity index (χ4n) is 2.75. The Morgan fingerprint density at radius 2 is 1.68 bits per heavy atom. The van der Waals surface area contributed by atoms with Crippen molar-refractivity contribution in [3.8, 4) is 11.3 Å². The summed E-state index contributed by atoms with van der Waals surface area (Å²) in [7, 11) is 1.55. The van der Waals surface area contributed by atoms with E-state index in [4.69, 9.17) is 0 Å². The predicted molar refractivity (Wildman–Crippen MR) is 114 cm³/mol. The highest BCUT2D eigenvalue weighted by molar-refractivity contribution is 7.12. The molecule has 3 rings (SSSR count). The van der Waals surface area contributed by atoms with Crippen LogP contribution in [-0.4, -0.2) is 24.0 Å². The zero-order valence-electron chi connectivity index (χ0n) is 16.0. The first-order valence-electron chi connectivity index (χ1n) is 8.86. The minimum atomic E-state index is -0.314. The maximum absolute atomic E-state index is 12.6. The predicted octanol–water partition coefficient (Wildman–Crippen LogP) is 4.36. The highest BCUT2D eigenvalue weighted by Gasteiger charge is 2.15. The molecule has 0 unspecified atom stereocenters. The van der Waals surface area contributed by atoms with Crippen molar-refractivity contribution in [1.29, 1.82) is 0 Å². The van der Waals surface area contributed by atoms with E-state index < -0.39 is 0 Å². The smallest absolute Gasteiger partial charge is 0.318 e. The van der Waals surface area contributed by atoms with Crippen molar-refractivity contribution >= 4 is 34.6 Å². The summed E-state index contributed by atoms with van der Waals surface area (Å²) in [6.45, 7) is 3.98. The molecule has 1 aromatic heterocycles. The lowest BCUT2D eigenvalue weighted by Crippen LogP contribution is -2.24. The van der Waals surface area contributed by atoms with Crippen LogP contribution >= 0.6 is 11.3 Å². The molecule has 6 nitrogen and oxygen atoms in total. The molecular formula is C21H22N4O2S. The van der Waals surface area contributed by atoms with Gasteiger partial charge in [-0.15, -0.1) is 11.3 Å². The molecular weight excluding hydrogens is 372 g/mol. The zero-order valence-corrected chi connectivity index (χ0v) is 16.8. The molecule has 0 saturated heterocycles. The Bertz CT molecular complexity index is 996. The Morgan fingerprint density at radius 1 is 1.00 bits per heavy atom. The third kappa shape index (κ3) is 4.95. The first-order chi connectivity index (χ1) is 13.4. The molecule has 0 aliphatic rings. The molecule has 0 fully saturated rings. The van der Waals surface area contributed by atoms with Crippen molar-refractivity contribution in [2.24, 2.45) is 0 Å². The SMILES string of the molecule is CNC(=O)Nc1cccc(NC(=O)Cc2sc(C)nc2-c2ccc(C)cc2)c1. The minimum absolute atomic E-state index is 0.130. The molecule has 0 atom stereocenters. The van der Waals surface area contributed by atoms with Crippen LogP contribution in [0.25, 0.3) is 11.3 Å². The maximum Gasteiger partial charge on any atom is 0.318 e. The van der Waals surface area contributed by atoms with Gasteiger partial charge in [-0.3, -0.25) is 4.79 Å². The van der Waals surface area contributed by atoms with Crippen LogP contribution in [0.3, 0.4) is 0 Å². The van der Waals surface area contributed by atoms with Gasteiger partial charge in [-0.25, -0.2) is 9.78 Å². The molecule has 3 N–H and O–H groups in total. The van der Waals surface area contributed by atoms with E-state index in [0.29, 0.717) is 11.4 Å². The molecule has 0 aliphatic carbocycles. The van der Waals surface area contributed by atoms with Gasteiger partial charge >= 0.3 is 6.03 Å². The number of benzene rings is 2. The maximum atomic E-state index is 12.6. The lowest BCUT2D eigenvalue weighted by molar-refractivity contribution is -0.115. The molecule has 0 aliphatic heterocycles. The summed E-state index contributed by atoms with van der Waals surface area (Å²) in [5.41, 5.74) is 4.27. The van der Waals surface area contributed by atoms with Crippen LogP contribution < -0.4 is 16.0 Å². The number of amides is 3. The van der Waals surface area contributed by atoms with E-state index in [1.165, 1.54) is 16.9 Å². The monoisotopic (exact) mass is 394 g/mol. The summed E-state index contributed by atoms with van der Waals surface area (Å²) in [4.78, 5) is 29.6. The average molecular weight is 395 g/mol. The van der Waals surface area contributed by atoms with Crippen molar-refractivity contribution in [3.05, 3.63) is 64.0 Å². The second-order valence-electron chi connectivity index (χ2n) is 6.38. The number of aryl methyl sites for hydroxylation is 2. The number of rotatable bonds is 5. The lowest BCUT2D eigenvalue weighted by Gasteiger charge is -2.09. The van der Waals surface area contributed by atoms with Crippen LogP contribution in [0.2, 0.25) is 0 Å². The first-order valence-corrected chi connectivity index (χ1v) is 9.68. The Morgan fingerprint density at radius 3 is 2.36 bits per heavy atom. The highest BCUT2D eigenvalue weighted by atomic mass is 32.1.